The molecule has 1 saturated heterocycles. The van der Waals surface area contributed by atoms with Crippen molar-refractivity contribution in [3.63, 3.8) is 0 Å². The minimum Gasteiger partial charge on any atom is -0.493 e. The highest BCUT2D eigenvalue weighted by atomic mass is 19.1. The largest absolute Gasteiger partial charge is 0.493 e. The Balaban J connectivity index is 1.32. The van der Waals surface area contributed by atoms with Crippen molar-refractivity contribution in [1.82, 2.24) is 14.7 Å². The Kier molecular flexibility index (Phi) is 8.57. The van der Waals surface area contributed by atoms with Gasteiger partial charge in [-0.1, -0.05) is 6.07 Å². The van der Waals surface area contributed by atoms with Crippen LogP contribution in [0.15, 0.2) is 60.9 Å². The van der Waals surface area contributed by atoms with Gasteiger partial charge < -0.3 is 24.1 Å². The quantitative estimate of drug-likeness (QED) is 0.418. The van der Waals surface area contributed by atoms with Gasteiger partial charge in [-0.2, -0.15) is 5.10 Å². The molecule has 0 saturated carbocycles. The number of aromatic nitrogens is 2. The van der Waals surface area contributed by atoms with E-state index in [1.165, 1.54) is 12.1 Å². The second-order valence-electron chi connectivity index (χ2n) is 8.69. The molecule has 0 radical (unpaired) electrons. The molecule has 1 aliphatic heterocycles. The number of aliphatic hydroxyl groups is 1. The smallest absolute Gasteiger partial charge is 0.161 e. The SMILES string of the molecule is COc1cc(CN2CCOCC(O)(COc3ccc(F)cc3)C2)ccc1OCCCn1cccn1. The van der Waals surface area contributed by atoms with Gasteiger partial charge in [-0.25, -0.2) is 4.39 Å². The van der Waals surface area contributed by atoms with Gasteiger partial charge in [0, 0.05) is 45.0 Å². The van der Waals surface area contributed by atoms with Crippen LogP contribution in [0.25, 0.3) is 0 Å². The summed E-state index contributed by atoms with van der Waals surface area (Å²) < 4.78 is 37.8. The van der Waals surface area contributed by atoms with Crippen LogP contribution in [-0.2, 0) is 17.8 Å². The minimum atomic E-state index is -1.19. The molecular weight excluding hydrogens is 453 g/mol. The van der Waals surface area contributed by atoms with Gasteiger partial charge in [0.05, 0.1) is 26.9 Å². The number of rotatable bonds is 11. The first-order valence-corrected chi connectivity index (χ1v) is 11.7. The Bertz CT molecular complexity index is 1050. The van der Waals surface area contributed by atoms with Crippen LogP contribution in [0, 0.1) is 5.82 Å². The predicted octanol–water partition coefficient (Wildman–Crippen LogP) is 3.14. The first kappa shape index (κ1) is 25.0. The van der Waals surface area contributed by atoms with Gasteiger partial charge in [-0.15, -0.1) is 0 Å². The van der Waals surface area contributed by atoms with Gasteiger partial charge in [0.1, 0.15) is 23.8 Å². The van der Waals surface area contributed by atoms with Gasteiger partial charge in [-0.3, -0.25) is 9.58 Å². The average molecular weight is 486 g/mol. The van der Waals surface area contributed by atoms with Gasteiger partial charge in [0.15, 0.2) is 11.5 Å². The van der Waals surface area contributed by atoms with Crippen molar-refractivity contribution in [1.29, 1.82) is 0 Å². The van der Waals surface area contributed by atoms with E-state index in [9.17, 15) is 9.50 Å². The van der Waals surface area contributed by atoms with E-state index in [0.29, 0.717) is 50.1 Å². The highest BCUT2D eigenvalue weighted by Crippen LogP contribution is 2.29. The van der Waals surface area contributed by atoms with E-state index in [1.54, 1.807) is 25.4 Å². The van der Waals surface area contributed by atoms with Crippen LogP contribution >= 0.6 is 0 Å². The highest BCUT2D eigenvalue weighted by molar-refractivity contribution is 5.43. The van der Waals surface area contributed by atoms with E-state index in [4.69, 9.17) is 18.9 Å². The number of halogens is 1. The topological polar surface area (TPSA) is 78.2 Å². The molecule has 1 N–H and O–H groups in total. The summed E-state index contributed by atoms with van der Waals surface area (Å²) >= 11 is 0. The molecule has 3 aromatic rings. The van der Waals surface area contributed by atoms with E-state index in [-0.39, 0.29) is 19.0 Å². The average Bonchev–Trinajstić information content (AvgIpc) is 3.31. The summed E-state index contributed by atoms with van der Waals surface area (Å²) in [6.07, 6.45) is 4.52. The zero-order chi connectivity index (χ0) is 24.5. The Morgan fingerprint density at radius 3 is 2.77 bits per heavy atom. The monoisotopic (exact) mass is 485 g/mol. The fraction of sp³-hybridized carbons (Fsp3) is 0.423. The van der Waals surface area contributed by atoms with Crippen LogP contribution < -0.4 is 14.2 Å². The number of benzene rings is 2. The van der Waals surface area contributed by atoms with Crippen molar-refractivity contribution in [3.8, 4) is 17.2 Å². The molecule has 1 atom stereocenters. The van der Waals surface area contributed by atoms with E-state index in [1.807, 2.05) is 35.1 Å². The van der Waals surface area contributed by atoms with Gasteiger partial charge in [0.25, 0.3) is 0 Å². The Morgan fingerprint density at radius 2 is 2.00 bits per heavy atom. The summed E-state index contributed by atoms with van der Waals surface area (Å²) in [6.45, 7) is 3.72. The summed E-state index contributed by atoms with van der Waals surface area (Å²) in [5.41, 5.74) is -0.151. The van der Waals surface area contributed by atoms with Crippen LogP contribution in [0.1, 0.15) is 12.0 Å². The summed E-state index contributed by atoms with van der Waals surface area (Å²) in [6, 6.07) is 13.5. The summed E-state index contributed by atoms with van der Waals surface area (Å²) in [5.74, 6) is 1.53. The lowest BCUT2D eigenvalue weighted by Gasteiger charge is -2.30. The minimum absolute atomic E-state index is 0.0454. The maximum atomic E-state index is 13.1. The lowest BCUT2D eigenvalue weighted by Crippen LogP contribution is -2.48. The molecule has 2 heterocycles. The molecule has 0 amide bonds. The molecule has 0 bridgehead atoms. The van der Waals surface area contributed by atoms with E-state index in [2.05, 4.69) is 10.00 Å². The number of hydrogen-bond acceptors (Lipinski definition) is 7. The molecular formula is C26H32FN3O5. The lowest BCUT2D eigenvalue weighted by atomic mass is 10.1. The second kappa shape index (κ2) is 12.0. The van der Waals surface area contributed by atoms with Gasteiger partial charge in [-0.05, 0) is 48.0 Å². The first-order valence-electron chi connectivity index (χ1n) is 11.7. The van der Waals surface area contributed by atoms with E-state index < -0.39 is 5.60 Å². The van der Waals surface area contributed by atoms with Gasteiger partial charge in [0.2, 0.25) is 0 Å². The molecule has 1 aromatic heterocycles. The Labute approximate surface area is 204 Å². The number of ether oxygens (including phenoxy) is 4. The molecule has 35 heavy (non-hydrogen) atoms. The fourth-order valence-electron chi connectivity index (χ4n) is 4.00. The van der Waals surface area contributed by atoms with Crippen LogP contribution in [0.3, 0.4) is 0 Å². The second-order valence-corrected chi connectivity index (χ2v) is 8.69. The third kappa shape index (κ3) is 7.42. The standard InChI is InChI=1S/C26H32FN3O5/c1-32-25-16-21(4-9-24(25)34-14-3-12-30-11-2-10-28-30)17-29-13-15-33-19-26(31,18-29)20-35-23-7-5-22(27)6-8-23/h2,4-11,16,31H,3,12-15,17-20H2,1H3. The van der Waals surface area contributed by atoms with Crippen molar-refractivity contribution >= 4 is 0 Å². The molecule has 188 valence electrons. The molecule has 1 fully saturated rings. The normalized spacial score (nSPS) is 18.7. The van der Waals surface area contributed by atoms with Crippen molar-refractivity contribution in [2.24, 2.45) is 0 Å². The number of aryl methyl sites for hydroxylation is 1. The van der Waals surface area contributed by atoms with E-state index >= 15 is 0 Å². The number of hydrogen-bond donors (Lipinski definition) is 1. The maximum Gasteiger partial charge on any atom is 0.161 e. The van der Waals surface area contributed by atoms with Crippen LogP contribution in [0.2, 0.25) is 0 Å². The zero-order valence-electron chi connectivity index (χ0n) is 19.9. The maximum absolute atomic E-state index is 13.1. The molecule has 9 heteroatoms. The molecule has 2 aromatic carbocycles. The molecule has 1 aliphatic rings. The van der Waals surface area contributed by atoms with Gasteiger partial charge >= 0.3 is 0 Å². The Morgan fingerprint density at radius 1 is 1.14 bits per heavy atom. The third-order valence-electron chi connectivity index (χ3n) is 5.74. The molecule has 1 unspecified atom stereocenters. The lowest BCUT2D eigenvalue weighted by molar-refractivity contribution is -0.0646. The molecule has 8 nitrogen and oxygen atoms in total. The molecule has 4 rings (SSSR count). The fourth-order valence-corrected chi connectivity index (χ4v) is 4.00. The van der Waals surface area contributed by atoms with Crippen LogP contribution in [-0.4, -0.2) is 72.0 Å². The van der Waals surface area contributed by atoms with Crippen LogP contribution in [0.4, 0.5) is 4.39 Å². The van der Waals surface area contributed by atoms with E-state index in [0.717, 1.165) is 18.5 Å². The van der Waals surface area contributed by atoms with Crippen molar-refractivity contribution in [2.75, 3.05) is 46.6 Å². The van der Waals surface area contributed by atoms with Crippen molar-refractivity contribution < 1.29 is 28.4 Å². The molecule has 0 aliphatic carbocycles. The Hall–Kier alpha value is -3.14. The zero-order valence-corrected chi connectivity index (χ0v) is 19.9. The number of methoxy groups -OCH3 is 1. The first-order chi connectivity index (χ1) is 17.0. The van der Waals surface area contributed by atoms with Crippen molar-refractivity contribution in [2.45, 2.75) is 25.1 Å². The predicted molar refractivity (Wildman–Crippen MR) is 128 cm³/mol. The summed E-state index contributed by atoms with van der Waals surface area (Å²) in [7, 11) is 1.63. The highest BCUT2D eigenvalue weighted by Gasteiger charge is 2.33. The number of β-amino-alcohol motifs (C(OH)–C–C–N with tert-alkyl or cyclic N) is 1. The summed E-state index contributed by atoms with van der Waals surface area (Å²) in [4.78, 5) is 2.13. The summed E-state index contributed by atoms with van der Waals surface area (Å²) in [5, 5.41) is 15.3. The van der Waals surface area contributed by atoms with Crippen LogP contribution in [0.5, 0.6) is 17.2 Å². The van der Waals surface area contributed by atoms with Crippen molar-refractivity contribution in [3.05, 3.63) is 72.3 Å². The molecule has 0 spiro atoms. The third-order valence-corrected chi connectivity index (χ3v) is 5.74. The number of nitrogens with zero attached hydrogens (tertiary/aromatic N) is 3.